The summed E-state index contributed by atoms with van der Waals surface area (Å²) in [6.07, 6.45) is 1.88. The van der Waals surface area contributed by atoms with Crippen LogP contribution < -0.4 is 16.0 Å². The summed E-state index contributed by atoms with van der Waals surface area (Å²) in [5, 5.41) is 7.91. The first-order chi connectivity index (χ1) is 14.1. The van der Waals surface area contributed by atoms with E-state index in [0.29, 0.717) is 22.8 Å². The molecule has 3 N–H and O–H groups in total. The Balaban J connectivity index is 1.97. The number of aromatic nitrogens is 1. The summed E-state index contributed by atoms with van der Waals surface area (Å²) in [6.45, 7) is 8.87. The van der Waals surface area contributed by atoms with E-state index in [2.05, 4.69) is 22.5 Å². The summed E-state index contributed by atoms with van der Waals surface area (Å²) >= 11 is 0. The second-order valence-electron chi connectivity index (χ2n) is 7.40. The highest BCUT2D eigenvalue weighted by molar-refractivity contribution is 6.04. The number of carbonyl (C=O) groups excluding carboxylic acids is 3. The van der Waals surface area contributed by atoms with Gasteiger partial charge in [-0.2, -0.15) is 0 Å². The first kappa shape index (κ1) is 22.5. The van der Waals surface area contributed by atoms with E-state index in [0.717, 1.165) is 0 Å². The second-order valence-corrected chi connectivity index (χ2v) is 7.40. The third-order valence-electron chi connectivity index (χ3n) is 3.60. The summed E-state index contributed by atoms with van der Waals surface area (Å²) < 4.78 is 11.6. The molecule has 0 fully saturated rings. The van der Waals surface area contributed by atoms with Crippen LogP contribution in [0.4, 0.5) is 26.7 Å². The maximum Gasteiger partial charge on any atom is 0.412 e. The summed E-state index contributed by atoms with van der Waals surface area (Å²) in [5.74, 6) is -0.360. The van der Waals surface area contributed by atoms with Gasteiger partial charge in [-0.1, -0.05) is 12.7 Å². The van der Waals surface area contributed by atoms with Crippen molar-refractivity contribution in [3.8, 4) is 0 Å². The molecule has 0 spiro atoms. The van der Waals surface area contributed by atoms with Crippen molar-refractivity contribution in [1.82, 2.24) is 4.57 Å². The Labute approximate surface area is 175 Å². The van der Waals surface area contributed by atoms with Crippen molar-refractivity contribution in [2.24, 2.45) is 7.05 Å². The van der Waals surface area contributed by atoms with Gasteiger partial charge in [-0.05, 0) is 51.1 Å². The molecule has 0 saturated carbocycles. The Hall–Kier alpha value is -3.75. The maximum atomic E-state index is 12.6. The van der Waals surface area contributed by atoms with E-state index in [1.807, 2.05) is 0 Å². The largest absolute Gasteiger partial charge is 0.445 e. The minimum absolute atomic E-state index is 0.113. The van der Waals surface area contributed by atoms with Crippen LogP contribution in [0.2, 0.25) is 0 Å². The topological polar surface area (TPSA) is 111 Å². The number of carbonyl (C=O) groups is 3. The average Bonchev–Trinajstić information content (AvgIpc) is 3.00. The van der Waals surface area contributed by atoms with E-state index in [1.54, 1.807) is 68.9 Å². The Bertz CT molecular complexity index is 926. The Morgan fingerprint density at radius 1 is 1.00 bits per heavy atom. The minimum Gasteiger partial charge on any atom is -0.445 e. The summed E-state index contributed by atoms with van der Waals surface area (Å²) in [4.78, 5) is 36.0. The van der Waals surface area contributed by atoms with Gasteiger partial charge in [0.05, 0.1) is 5.69 Å². The molecule has 0 saturated heterocycles. The number of hydrogen-bond donors (Lipinski definition) is 3. The van der Waals surface area contributed by atoms with Gasteiger partial charge >= 0.3 is 12.2 Å². The highest BCUT2D eigenvalue weighted by Gasteiger charge is 2.18. The number of ether oxygens (including phenoxy) is 2. The Morgan fingerprint density at radius 3 is 2.13 bits per heavy atom. The molecule has 30 heavy (non-hydrogen) atoms. The zero-order valence-corrected chi connectivity index (χ0v) is 17.4. The first-order valence-corrected chi connectivity index (χ1v) is 9.20. The third kappa shape index (κ3) is 7.01. The normalized spacial score (nSPS) is 10.7. The molecule has 1 aromatic carbocycles. The van der Waals surface area contributed by atoms with E-state index >= 15 is 0 Å². The number of rotatable bonds is 6. The number of amides is 3. The number of anilines is 3. The van der Waals surface area contributed by atoms with E-state index in [4.69, 9.17) is 9.47 Å². The van der Waals surface area contributed by atoms with Crippen molar-refractivity contribution in [2.45, 2.75) is 26.4 Å². The van der Waals surface area contributed by atoms with Gasteiger partial charge in [-0.25, -0.2) is 9.59 Å². The molecule has 0 atom stereocenters. The molecule has 1 heterocycles. The monoisotopic (exact) mass is 414 g/mol. The second kappa shape index (κ2) is 9.64. The summed E-state index contributed by atoms with van der Waals surface area (Å²) in [7, 11) is 1.69. The van der Waals surface area contributed by atoms with Crippen molar-refractivity contribution >= 4 is 35.2 Å². The molecule has 0 radical (unpaired) electrons. The van der Waals surface area contributed by atoms with Crippen LogP contribution in [0.5, 0.6) is 0 Å². The molecule has 0 aliphatic heterocycles. The van der Waals surface area contributed by atoms with Crippen LogP contribution in [0.15, 0.2) is 49.2 Å². The number of nitrogens with one attached hydrogen (secondary N) is 3. The fourth-order valence-corrected chi connectivity index (χ4v) is 2.40. The van der Waals surface area contributed by atoms with Gasteiger partial charge in [0, 0.05) is 24.6 Å². The summed E-state index contributed by atoms with van der Waals surface area (Å²) in [6, 6.07) is 8.09. The van der Waals surface area contributed by atoms with Crippen LogP contribution in [0.1, 0.15) is 31.3 Å². The smallest absolute Gasteiger partial charge is 0.412 e. The van der Waals surface area contributed by atoms with Crippen molar-refractivity contribution < 1.29 is 23.9 Å². The summed E-state index contributed by atoms with van der Waals surface area (Å²) in [5.41, 5.74) is 1.21. The molecule has 2 rings (SSSR count). The molecule has 0 aliphatic rings. The molecule has 9 heteroatoms. The van der Waals surface area contributed by atoms with Gasteiger partial charge in [0.1, 0.15) is 17.9 Å². The van der Waals surface area contributed by atoms with Crippen LogP contribution in [0.25, 0.3) is 0 Å². The number of aryl methyl sites for hydroxylation is 1. The first-order valence-electron chi connectivity index (χ1n) is 9.20. The Kier molecular flexibility index (Phi) is 7.24. The molecule has 0 bridgehead atoms. The predicted molar refractivity (Wildman–Crippen MR) is 115 cm³/mol. The molecule has 0 unspecified atom stereocenters. The van der Waals surface area contributed by atoms with Crippen LogP contribution in [0.3, 0.4) is 0 Å². The van der Waals surface area contributed by atoms with Crippen LogP contribution in [-0.2, 0) is 16.5 Å². The molecule has 9 nitrogen and oxygen atoms in total. The predicted octanol–water partition coefficient (Wildman–Crippen LogP) is 4.36. The lowest BCUT2D eigenvalue weighted by atomic mass is 10.2. The van der Waals surface area contributed by atoms with Crippen LogP contribution in [-0.4, -0.2) is 34.9 Å². The fraction of sp³-hybridized carbons (Fsp3) is 0.286. The Morgan fingerprint density at radius 2 is 1.57 bits per heavy atom. The lowest BCUT2D eigenvalue weighted by Crippen LogP contribution is -2.27. The molecule has 0 aliphatic carbocycles. The van der Waals surface area contributed by atoms with Crippen molar-refractivity contribution in [2.75, 3.05) is 22.6 Å². The maximum absolute atomic E-state index is 12.6. The van der Waals surface area contributed by atoms with E-state index in [-0.39, 0.29) is 12.5 Å². The minimum atomic E-state index is -0.623. The van der Waals surface area contributed by atoms with Crippen LogP contribution >= 0.6 is 0 Å². The molecule has 3 amide bonds. The standard InChI is InChI=1S/C21H26N4O5/c1-6-11-29-19(27)23-15-9-7-14(8-10-15)22-18(26)17-12-16(13-25(17)5)24-20(28)30-21(2,3)4/h6-10,12-13H,1,11H2,2-5H3,(H,22,26)(H,23,27)(H,24,28). The SMILES string of the molecule is C=CCOC(=O)Nc1ccc(NC(=O)c2cc(NC(=O)OC(C)(C)C)cn2C)cc1. The van der Waals surface area contributed by atoms with Crippen molar-refractivity contribution in [1.29, 1.82) is 0 Å². The molecule has 2 aromatic rings. The van der Waals surface area contributed by atoms with Gasteiger partial charge in [0.2, 0.25) is 0 Å². The zero-order valence-electron chi connectivity index (χ0n) is 17.4. The molecule has 160 valence electrons. The van der Waals surface area contributed by atoms with E-state index < -0.39 is 17.8 Å². The highest BCUT2D eigenvalue weighted by Crippen LogP contribution is 2.18. The zero-order chi connectivity index (χ0) is 22.3. The van der Waals surface area contributed by atoms with Gasteiger partial charge in [-0.15, -0.1) is 0 Å². The lowest BCUT2D eigenvalue weighted by Gasteiger charge is -2.19. The number of nitrogens with zero attached hydrogens (tertiary/aromatic N) is 1. The average molecular weight is 414 g/mol. The lowest BCUT2D eigenvalue weighted by molar-refractivity contribution is 0.0635. The van der Waals surface area contributed by atoms with E-state index in [1.165, 1.54) is 6.08 Å². The number of hydrogen-bond acceptors (Lipinski definition) is 5. The number of benzene rings is 1. The molecular formula is C21H26N4O5. The molecule has 1 aromatic heterocycles. The van der Waals surface area contributed by atoms with E-state index in [9.17, 15) is 14.4 Å². The van der Waals surface area contributed by atoms with Gasteiger partial charge in [-0.3, -0.25) is 15.4 Å². The quantitative estimate of drug-likeness (QED) is 0.608. The highest BCUT2D eigenvalue weighted by atomic mass is 16.6. The third-order valence-corrected chi connectivity index (χ3v) is 3.60. The van der Waals surface area contributed by atoms with Crippen molar-refractivity contribution in [3.63, 3.8) is 0 Å². The van der Waals surface area contributed by atoms with Gasteiger partial charge < -0.3 is 19.4 Å². The van der Waals surface area contributed by atoms with Crippen molar-refractivity contribution in [3.05, 3.63) is 54.9 Å². The molecular weight excluding hydrogens is 388 g/mol. The van der Waals surface area contributed by atoms with Crippen LogP contribution in [0, 0.1) is 0 Å². The van der Waals surface area contributed by atoms with Gasteiger partial charge in [0.15, 0.2) is 0 Å². The fourth-order valence-electron chi connectivity index (χ4n) is 2.40. The van der Waals surface area contributed by atoms with Gasteiger partial charge in [0.25, 0.3) is 5.91 Å².